The summed E-state index contributed by atoms with van der Waals surface area (Å²) < 4.78 is 6.89. The van der Waals surface area contributed by atoms with Crippen molar-refractivity contribution in [1.29, 1.82) is 0 Å². The molecule has 0 aromatic heterocycles. The zero-order chi connectivity index (χ0) is 14.8. The second-order valence-electron chi connectivity index (χ2n) is 4.84. The average molecular weight is 341 g/mol. The summed E-state index contributed by atoms with van der Waals surface area (Å²) in [7, 11) is 0. The van der Waals surface area contributed by atoms with Gasteiger partial charge in [-0.25, -0.2) is 0 Å². The SMILES string of the molecule is CC(=O)c1ccc(Oc2ccc3cc(Br)ccc3c2)cc1. The molecule has 0 amide bonds. The minimum absolute atomic E-state index is 0.0535. The van der Waals surface area contributed by atoms with Crippen LogP contribution in [-0.4, -0.2) is 5.78 Å². The molecule has 0 aliphatic heterocycles. The summed E-state index contributed by atoms with van der Waals surface area (Å²) in [5, 5.41) is 2.28. The van der Waals surface area contributed by atoms with Crippen LogP contribution in [0.25, 0.3) is 10.8 Å². The first-order chi connectivity index (χ1) is 10.1. The van der Waals surface area contributed by atoms with E-state index in [0.29, 0.717) is 5.56 Å². The van der Waals surface area contributed by atoms with E-state index in [1.165, 1.54) is 0 Å². The Hall–Kier alpha value is -2.13. The predicted octanol–water partition coefficient (Wildman–Crippen LogP) is 5.60. The lowest BCUT2D eigenvalue weighted by atomic mass is 10.1. The van der Waals surface area contributed by atoms with Gasteiger partial charge in [-0.2, -0.15) is 0 Å². The molecule has 0 aliphatic carbocycles. The van der Waals surface area contributed by atoms with Crippen molar-refractivity contribution in [2.45, 2.75) is 6.92 Å². The van der Waals surface area contributed by atoms with Crippen LogP contribution in [0, 0.1) is 0 Å². The number of fused-ring (bicyclic) bond motifs is 1. The van der Waals surface area contributed by atoms with Gasteiger partial charge in [0.25, 0.3) is 0 Å². The molecule has 0 unspecified atom stereocenters. The number of benzene rings is 3. The maximum absolute atomic E-state index is 11.2. The van der Waals surface area contributed by atoms with Gasteiger partial charge in [0.1, 0.15) is 11.5 Å². The third-order valence-electron chi connectivity index (χ3n) is 3.27. The molecule has 0 bridgehead atoms. The molecule has 0 aliphatic rings. The largest absolute Gasteiger partial charge is 0.457 e. The van der Waals surface area contributed by atoms with Crippen molar-refractivity contribution in [3.8, 4) is 11.5 Å². The molecule has 0 spiro atoms. The van der Waals surface area contributed by atoms with E-state index >= 15 is 0 Å². The van der Waals surface area contributed by atoms with Crippen LogP contribution in [0.15, 0.2) is 65.1 Å². The summed E-state index contributed by atoms with van der Waals surface area (Å²) in [5.74, 6) is 1.55. The van der Waals surface area contributed by atoms with Crippen molar-refractivity contribution >= 4 is 32.5 Å². The first kappa shape index (κ1) is 13.8. The summed E-state index contributed by atoms with van der Waals surface area (Å²) in [4.78, 5) is 11.2. The minimum atomic E-state index is 0.0535. The van der Waals surface area contributed by atoms with Gasteiger partial charge in [-0.3, -0.25) is 4.79 Å². The molecule has 21 heavy (non-hydrogen) atoms. The fourth-order valence-corrected chi connectivity index (χ4v) is 2.53. The van der Waals surface area contributed by atoms with Gasteiger partial charge in [0, 0.05) is 10.0 Å². The van der Waals surface area contributed by atoms with Crippen molar-refractivity contribution in [2.24, 2.45) is 0 Å². The molecule has 0 atom stereocenters. The Morgan fingerprint density at radius 3 is 2.19 bits per heavy atom. The van der Waals surface area contributed by atoms with Gasteiger partial charge in [-0.1, -0.05) is 28.1 Å². The van der Waals surface area contributed by atoms with Crippen molar-refractivity contribution in [1.82, 2.24) is 0 Å². The normalized spacial score (nSPS) is 10.6. The third-order valence-corrected chi connectivity index (χ3v) is 3.76. The zero-order valence-electron chi connectivity index (χ0n) is 11.5. The van der Waals surface area contributed by atoms with E-state index in [-0.39, 0.29) is 5.78 Å². The van der Waals surface area contributed by atoms with Crippen LogP contribution in [0.2, 0.25) is 0 Å². The van der Waals surface area contributed by atoms with Crippen molar-refractivity contribution in [3.63, 3.8) is 0 Å². The molecule has 3 aromatic carbocycles. The second kappa shape index (κ2) is 5.70. The molecule has 0 N–H and O–H groups in total. The molecular formula is C18H13BrO2. The molecule has 3 rings (SSSR count). The smallest absolute Gasteiger partial charge is 0.159 e. The van der Waals surface area contributed by atoms with Crippen LogP contribution < -0.4 is 4.74 Å². The highest BCUT2D eigenvalue weighted by molar-refractivity contribution is 9.10. The number of rotatable bonds is 3. The van der Waals surface area contributed by atoms with E-state index in [1.807, 2.05) is 42.5 Å². The number of carbonyl (C=O) groups excluding carboxylic acids is 1. The number of hydrogen-bond acceptors (Lipinski definition) is 2. The van der Waals surface area contributed by atoms with Crippen molar-refractivity contribution < 1.29 is 9.53 Å². The van der Waals surface area contributed by atoms with E-state index in [4.69, 9.17) is 4.74 Å². The molecule has 3 aromatic rings. The zero-order valence-corrected chi connectivity index (χ0v) is 13.1. The predicted molar refractivity (Wildman–Crippen MR) is 88.2 cm³/mol. The molecule has 0 saturated heterocycles. The summed E-state index contributed by atoms with van der Waals surface area (Å²) in [6, 6.07) is 19.3. The van der Waals surface area contributed by atoms with Crippen LogP contribution >= 0.6 is 15.9 Å². The number of carbonyl (C=O) groups is 1. The van der Waals surface area contributed by atoms with Crippen LogP contribution in [0.4, 0.5) is 0 Å². The Morgan fingerprint density at radius 2 is 1.48 bits per heavy atom. The van der Waals surface area contributed by atoms with Gasteiger partial charge < -0.3 is 4.74 Å². The number of ether oxygens (including phenoxy) is 1. The highest BCUT2D eigenvalue weighted by atomic mass is 79.9. The molecule has 2 nitrogen and oxygen atoms in total. The lowest BCUT2D eigenvalue weighted by Gasteiger charge is -2.07. The van der Waals surface area contributed by atoms with Crippen LogP contribution in [0.3, 0.4) is 0 Å². The summed E-state index contributed by atoms with van der Waals surface area (Å²) in [5.41, 5.74) is 0.686. The van der Waals surface area contributed by atoms with Gasteiger partial charge in [0.15, 0.2) is 5.78 Å². The fraction of sp³-hybridized carbons (Fsp3) is 0.0556. The molecular weight excluding hydrogens is 328 g/mol. The first-order valence-electron chi connectivity index (χ1n) is 6.60. The maximum Gasteiger partial charge on any atom is 0.159 e. The number of Topliss-reactive ketones (excluding diaryl/α,β-unsaturated/α-hetero) is 1. The van der Waals surface area contributed by atoms with Crippen LogP contribution in [0.1, 0.15) is 17.3 Å². The Morgan fingerprint density at radius 1 is 0.857 bits per heavy atom. The lowest BCUT2D eigenvalue weighted by Crippen LogP contribution is -1.91. The third kappa shape index (κ3) is 3.14. The van der Waals surface area contributed by atoms with Gasteiger partial charge in [-0.15, -0.1) is 0 Å². The Balaban J connectivity index is 1.87. The lowest BCUT2D eigenvalue weighted by molar-refractivity contribution is 0.101. The molecule has 0 fully saturated rings. The number of halogens is 1. The molecule has 0 radical (unpaired) electrons. The van der Waals surface area contributed by atoms with Gasteiger partial charge >= 0.3 is 0 Å². The highest BCUT2D eigenvalue weighted by Crippen LogP contribution is 2.27. The highest BCUT2D eigenvalue weighted by Gasteiger charge is 2.02. The van der Waals surface area contributed by atoms with Gasteiger partial charge in [0.05, 0.1) is 0 Å². The fourth-order valence-electron chi connectivity index (χ4n) is 2.15. The molecule has 104 valence electrons. The summed E-state index contributed by atoms with van der Waals surface area (Å²) in [6.07, 6.45) is 0. The van der Waals surface area contributed by atoms with Crippen LogP contribution in [0.5, 0.6) is 11.5 Å². The Kier molecular flexibility index (Phi) is 3.76. The number of hydrogen-bond donors (Lipinski definition) is 0. The molecule has 0 saturated carbocycles. The monoisotopic (exact) mass is 340 g/mol. The van der Waals surface area contributed by atoms with E-state index in [0.717, 1.165) is 26.7 Å². The van der Waals surface area contributed by atoms with Crippen molar-refractivity contribution in [2.75, 3.05) is 0 Å². The Bertz CT molecular complexity index is 807. The van der Waals surface area contributed by atoms with Crippen LogP contribution in [-0.2, 0) is 0 Å². The first-order valence-corrected chi connectivity index (χ1v) is 7.39. The van der Waals surface area contributed by atoms with Crippen molar-refractivity contribution in [3.05, 3.63) is 70.7 Å². The maximum atomic E-state index is 11.2. The van der Waals surface area contributed by atoms with E-state index in [1.54, 1.807) is 19.1 Å². The second-order valence-corrected chi connectivity index (χ2v) is 5.75. The number of ketones is 1. The summed E-state index contributed by atoms with van der Waals surface area (Å²) in [6.45, 7) is 1.55. The Labute approximate surface area is 131 Å². The van der Waals surface area contributed by atoms with Gasteiger partial charge in [0.2, 0.25) is 0 Å². The standard InChI is InChI=1S/C18H13BrO2/c1-12(20)13-3-7-17(8-4-13)21-18-9-5-14-10-16(19)6-2-15(14)11-18/h2-11H,1H3. The quantitative estimate of drug-likeness (QED) is 0.580. The van der Waals surface area contributed by atoms with E-state index in [9.17, 15) is 4.79 Å². The average Bonchev–Trinajstić information content (AvgIpc) is 2.48. The van der Waals surface area contributed by atoms with E-state index < -0.39 is 0 Å². The minimum Gasteiger partial charge on any atom is -0.457 e. The molecule has 3 heteroatoms. The molecule has 0 heterocycles. The van der Waals surface area contributed by atoms with E-state index in [2.05, 4.69) is 22.0 Å². The van der Waals surface area contributed by atoms with Gasteiger partial charge in [-0.05, 0) is 66.2 Å². The topological polar surface area (TPSA) is 26.3 Å². The summed E-state index contributed by atoms with van der Waals surface area (Å²) >= 11 is 3.46.